The standard InChI is InChI=1S/C32H26BrIN2O5S/c1-4-15-41-29-21(16-22(33)18-24(29)34)17-25-30(37)36-28(20-11-13-23(39-3)14-12-20)26(31(38)40-5-2)27(35-32(36)42-25)19-9-7-6-8-10-19/h4,6-14,16-18,28H,1,5,15H2,2-3H3/b25-17-/t28-/m1/s1. The van der Waals surface area contributed by atoms with E-state index in [1.807, 2.05) is 66.7 Å². The Bertz CT molecular complexity index is 1860. The van der Waals surface area contributed by atoms with Gasteiger partial charge in [-0.2, -0.15) is 0 Å². The van der Waals surface area contributed by atoms with E-state index in [2.05, 4.69) is 45.1 Å². The van der Waals surface area contributed by atoms with Crippen molar-refractivity contribution >= 4 is 67.6 Å². The highest BCUT2D eigenvalue weighted by Crippen LogP contribution is 2.36. The first-order valence-corrected chi connectivity index (χ1v) is 15.7. The van der Waals surface area contributed by atoms with Gasteiger partial charge in [-0.3, -0.25) is 9.36 Å². The number of carbonyl (C=O) groups excluding carboxylic acids is 1. The number of methoxy groups -OCH3 is 1. The lowest BCUT2D eigenvalue weighted by atomic mass is 9.93. The Morgan fingerprint density at radius 2 is 1.90 bits per heavy atom. The van der Waals surface area contributed by atoms with E-state index < -0.39 is 12.0 Å². The van der Waals surface area contributed by atoms with Crippen LogP contribution >= 0.6 is 49.9 Å². The molecule has 214 valence electrons. The molecule has 5 rings (SSSR count). The van der Waals surface area contributed by atoms with Crippen molar-refractivity contribution in [1.82, 2.24) is 4.57 Å². The second-order valence-electron chi connectivity index (χ2n) is 9.11. The first-order valence-electron chi connectivity index (χ1n) is 13.0. The normalized spacial score (nSPS) is 14.7. The van der Waals surface area contributed by atoms with Crippen LogP contribution in [-0.2, 0) is 9.53 Å². The number of esters is 1. The summed E-state index contributed by atoms with van der Waals surface area (Å²) in [4.78, 5) is 33.2. The quantitative estimate of drug-likeness (QED) is 0.121. The van der Waals surface area contributed by atoms with Gasteiger partial charge in [0.15, 0.2) is 4.80 Å². The number of fused-ring (bicyclic) bond motifs is 1. The van der Waals surface area contributed by atoms with Gasteiger partial charge in [0.05, 0.1) is 39.1 Å². The highest BCUT2D eigenvalue weighted by Gasteiger charge is 2.35. The van der Waals surface area contributed by atoms with Gasteiger partial charge in [0.25, 0.3) is 5.56 Å². The van der Waals surface area contributed by atoms with Crippen LogP contribution in [0.15, 0.2) is 99.2 Å². The zero-order valence-electron chi connectivity index (χ0n) is 22.8. The fourth-order valence-electron chi connectivity index (χ4n) is 4.67. The Labute approximate surface area is 268 Å². The third kappa shape index (κ3) is 6.02. The SMILES string of the molecule is C=CCOc1c(I)cc(Br)cc1/C=c1\sc2n(c1=O)[C@H](c1ccc(OC)cc1)C(C(=O)OCC)=C(c1ccccc1)N=2. The van der Waals surface area contributed by atoms with Crippen LogP contribution in [0.2, 0.25) is 0 Å². The van der Waals surface area contributed by atoms with Crippen LogP contribution < -0.4 is 24.4 Å². The zero-order valence-corrected chi connectivity index (χ0v) is 27.4. The third-order valence-corrected chi connectivity index (χ3v) is 8.72. The van der Waals surface area contributed by atoms with E-state index in [1.54, 1.807) is 30.8 Å². The number of benzene rings is 3. The van der Waals surface area contributed by atoms with Gasteiger partial charge in [-0.1, -0.05) is 82.4 Å². The lowest BCUT2D eigenvalue weighted by Gasteiger charge is -2.26. The van der Waals surface area contributed by atoms with Crippen LogP contribution in [0.4, 0.5) is 0 Å². The van der Waals surface area contributed by atoms with E-state index in [-0.39, 0.29) is 12.2 Å². The number of nitrogens with zero attached hydrogens (tertiary/aromatic N) is 2. The van der Waals surface area contributed by atoms with Crippen LogP contribution in [0.25, 0.3) is 11.8 Å². The highest BCUT2D eigenvalue weighted by atomic mass is 127. The molecule has 0 saturated carbocycles. The number of thiazole rings is 1. The molecule has 1 aromatic heterocycles. The Morgan fingerprint density at radius 3 is 2.57 bits per heavy atom. The van der Waals surface area contributed by atoms with Crippen molar-refractivity contribution in [3.05, 3.63) is 129 Å². The molecule has 0 spiro atoms. The molecule has 0 radical (unpaired) electrons. The van der Waals surface area contributed by atoms with Crippen LogP contribution in [0, 0.1) is 3.57 Å². The lowest BCUT2D eigenvalue weighted by Crippen LogP contribution is -2.40. The summed E-state index contributed by atoms with van der Waals surface area (Å²) in [5.74, 6) is 0.776. The molecule has 0 unspecified atom stereocenters. The van der Waals surface area contributed by atoms with Gasteiger partial charge in [0, 0.05) is 15.6 Å². The molecule has 0 N–H and O–H groups in total. The summed E-state index contributed by atoms with van der Waals surface area (Å²) in [5.41, 5.74) is 2.68. The maximum absolute atomic E-state index is 14.2. The highest BCUT2D eigenvalue weighted by molar-refractivity contribution is 14.1. The molecule has 0 fully saturated rings. The van der Waals surface area contributed by atoms with E-state index in [9.17, 15) is 9.59 Å². The molecule has 10 heteroatoms. The Morgan fingerprint density at radius 1 is 1.17 bits per heavy atom. The van der Waals surface area contributed by atoms with Gasteiger partial charge in [-0.15, -0.1) is 0 Å². The van der Waals surface area contributed by atoms with Crippen LogP contribution in [0.5, 0.6) is 11.5 Å². The second kappa shape index (κ2) is 13.2. The number of ether oxygens (including phenoxy) is 3. The van der Waals surface area contributed by atoms with Gasteiger partial charge in [-0.25, -0.2) is 9.79 Å². The second-order valence-corrected chi connectivity index (χ2v) is 12.2. The average Bonchev–Trinajstić information content (AvgIpc) is 3.30. The summed E-state index contributed by atoms with van der Waals surface area (Å²) in [7, 11) is 1.59. The number of halogens is 2. The molecule has 2 heterocycles. The predicted octanol–water partition coefficient (Wildman–Crippen LogP) is 5.88. The Kier molecular flexibility index (Phi) is 9.44. The van der Waals surface area contributed by atoms with Crippen molar-refractivity contribution in [1.29, 1.82) is 0 Å². The Balaban J connectivity index is 1.82. The molecule has 7 nitrogen and oxygen atoms in total. The minimum atomic E-state index is -0.775. The largest absolute Gasteiger partial charge is 0.497 e. The van der Waals surface area contributed by atoms with E-state index in [1.165, 1.54) is 11.3 Å². The summed E-state index contributed by atoms with van der Waals surface area (Å²) in [6.07, 6.45) is 3.48. The summed E-state index contributed by atoms with van der Waals surface area (Å²) < 4.78 is 20.6. The van der Waals surface area contributed by atoms with Gasteiger partial charge in [-0.05, 0) is 65.4 Å². The molecule has 3 aromatic carbocycles. The van der Waals surface area contributed by atoms with E-state index in [0.29, 0.717) is 38.7 Å². The zero-order chi connectivity index (χ0) is 29.8. The van der Waals surface area contributed by atoms with Gasteiger partial charge in [0.1, 0.15) is 18.1 Å². The van der Waals surface area contributed by atoms with E-state index in [0.717, 1.165) is 24.7 Å². The molecule has 1 atom stereocenters. The van der Waals surface area contributed by atoms with Crippen LogP contribution in [-0.4, -0.2) is 30.9 Å². The van der Waals surface area contributed by atoms with Gasteiger partial charge < -0.3 is 14.2 Å². The summed E-state index contributed by atoms with van der Waals surface area (Å²) >= 11 is 7.02. The van der Waals surface area contributed by atoms with Crippen molar-refractivity contribution in [2.45, 2.75) is 13.0 Å². The fraction of sp³-hybridized carbons (Fsp3) is 0.156. The van der Waals surface area contributed by atoms with Crippen molar-refractivity contribution in [3.8, 4) is 11.5 Å². The number of aromatic nitrogens is 1. The first kappa shape index (κ1) is 30.0. The maximum Gasteiger partial charge on any atom is 0.338 e. The monoisotopic (exact) mass is 756 g/mol. The smallest absolute Gasteiger partial charge is 0.338 e. The number of carbonyl (C=O) groups is 1. The summed E-state index contributed by atoms with van der Waals surface area (Å²) in [6.45, 7) is 6.00. The van der Waals surface area contributed by atoms with Crippen LogP contribution in [0.1, 0.15) is 29.7 Å². The molecule has 0 bridgehead atoms. The van der Waals surface area contributed by atoms with Crippen molar-refractivity contribution in [3.63, 3.8) is 0 Å². The van der Waals surface area contributed by atoms with Gasteiger partial charge >= 0.3 is 5.97 Å². The minimum absolute atomic E-state index is 0.180. The summed E-state index contributed by atoms with van der Waals surface area (Å²) in [6, 6.07) is 19.9. The minimum Gasteiger partial charge on any atom is -0.497 e. The Hall–Kier alpha value is -3.48. The van der Waals surface area contributed by atoms with Crippen molar-refractivity contribution in [2.75, 3.05) is 20.3 Å². The lowest BCUT2D eigenvalue weighted by molar-refractivity contribution is -0.138. The number of hydrogen-bond donors (Lipinski definition) is 0. The molecule has 0 aliphatic carbocycles. The first-order chi connectivity index (χ1) is 20.4. The topological polar surface area (TPSA) is 79.1 Å². The van der Waals surface area contributed by atoms with Crippen molar-refractivity contribution in [2.24, 2.45) is 4.99 Å². The van der Waals surface area contributed by atoms with E-state index >= 15 is 0 Å². The molecule has 0 amide bonds. The van der Waals surface area contributed by atoms with Crippen LogP contribution in [0.3, 0.4) is 0 Å². The van der Waals surface area contributed by atoms with Gasteiger partial charge in [0.2, 0.25) is 0 Å². The number of hydrogen-bond acceptors (Lipinski definition) is 7. The third-order valence-electron chi connectivity index (χ3n) is 6.47. The average molecular weight is 757 g/mol. The number of rotatable bonds is 9. The van der Waals surface area contributed by atoms with E-state index in [4.69, 9.17) is 19.2 Å². The maximum atomic E-state index is 14.2. The molecule has 1 aliphatic heterocycles. The molecular formula is C32H26BrIN2O5S. The molecule has 42 heavy (non-hydrogen) atoms. The predicted molar refractivity (Wildman–Crippen MR) is 177 cm³/mol. The molecular weight excluding hydrogens is 731 g/mol. The molecule has 4 aromatic rings. The summed E-state index contributed by atoms with van der Waals surface area (Å²) in [5, 5.41) is 0. The fourth-order valence-corrected chi connectivity index (χ4v) is 7.36. The molecule has 0 saturated heterocycles. The molecule has 1 aliphatic rings. The van der Waals surface area contributed by atoms with Crippen molar-refractivity contribution < 1.29 is 19.0 Å².